The first-order chi connectivity index (χ1) is 20.7. The molecule has 0 aromatic heterocycles. The molecule has 1 aliphatic carbocycles. The highest BCUT2D eigenvalue weighted by Gasteiger charge is 2.67. The first kappa shape index (κ1) is 30.6. The van der Waals surface area contributed by atoms with Crippen LogP contribution in [0.25, 0.3) is 0 Å². The zero-order valence-electron chi connectivity index (χ0n) is 23.6. The van der Waals surface area contributed by atoms with Crippen molar-refractivity contribution in [2.24, 2.45) is 10.4 Å². The number of anilines is 1. The van der Waals surface area contributed by atoms with Crippen LogP contribution in [0.15, 0.2) is 47.7 Å². The number of amides is 5. The molecule has 4 heterocycles. The third kappa shape index (κ3) is 5.37. The summed E-state index contributed by atoms with van der Waals surface area (Å²) in [5.41, 5.74) is -1.34. The number of alkyl carbamates (subject to hydrolysis) is 1. The fourth-order valence-electron chi connectivity index (χ4n) is 6.13. The van der Waals surface area contributed by atoms with Gasteiger partial charge in [0.05, 0.1) is 30.5 Å². The van der Waals surface area contributed by atoms with Crippen molar-refractivity contribution in [2.45, 2.75) is 53.5 Å². The van der Waals surface area contributed by atoms with Crippen molar-refractivity contribution >= 4 is 70.4 Å². The highest BCUT2D eigenvalue weighted by molar-refractivity contribution is 6.67. The Kier molecular flexibility index (Phi) is 7.54. The third-order valence-corrected chi connectivity index (χ3v) is 9.01. The summed E-state index contributed by atoms with van der Waals surface area (Å²) in [5, 5.41) is 23.7. The number of benzene rings is 1. The number of para-hydroxylation sites is 1. The largest absolute Gasteiger partial charge is 0.445 e. The van der Waals surface area contributed by atoms with Crippen LogP contribution in [0.5, 0.6) is 0 Å². The lowest BCUT2D eigenvalue weighted by Gasteiger charge is -2.47. The minimum Gasteiger partial charge on any atom is -0.445 e. The van der Waals surface area contributed by atoms with E-state index in [1.165, 1.54) is 4.90 Å². The fraction of sp³-hybridized carbons (Fsp3) is 0.519. The second kappa shape index (κ2) is 10.9. The monoisotopic (exact) mass is 668 g/mol. The molecule has 6 rings (SSSR count). The number of carbonyl (C=O) groups is 4. The smallest absolute Gasteiger partial charge is 0.414 e. The molecule has 236 valence electrons. The molecule has 1 saturated carbocycles. The van der Waals surface area contributed by atoms with Gasteiger partial charge in [-0.05, 0) is 25.0 Å². The molecule has 14 nitrogen and oxygen atoms in total. The number of rotatable bonds is 6. The summed E-state index contributed by atoms with van der Waals surface area (Å²) >= 11 is 17.2. The Hall–Kier alpha value is -3.46. The zero-order chi connectivity index (χ0) is 31.6. The molecule has 4 aliphatic heterocycles. The lowest BCUT2D eigenvalue weighted by atomic mass is 9.87. The Bertz CT molecular complexity index is 1440. The van der Waals surface area contributed by atoms with Crippen molar-refractivity contribution in [3.63, 3.8) is 0 Å². The number of aliphatic hydroxyl groups is 1. The van der Waals surface area contributed by atoms with E-state index in [1.54, 1.807) is 35.2 Å². The maximum Gasteiger partial charge on any atom is 0.414 e. The first-order valence-corrected chi connectivity index (χ1v) is 15.1. The molecule has 3 saturated heterocycles. The summed E-state index contributed by atoms with van der Waals surface area (Å²) < 4.78 is 3.19. The maximum atomic E-state index is 13.4. The van der Waals surface area contributed by atoms with Crippen LogP contribution in [-0.2, 0) is 14.3 Å². The summed E-state index contributed by atoms with van der Waals surface area (Å²) in [7, 11) is 0. The van der Waals surface area contributed by atoms with Crippen LogP contribution in [0.1, 0.15) is 19.8 Å². The van der Waals surface area contributed by atoms with Crippen LogP contribution in [-0.4, -0.2) is 105 Å². The molecule has 5 atom stereocenters. The van der Waals surface area contributed by atoms with Crippen LogP contribution in [0.3, 0.4) is 0 Å². The molecule has 17 heteroatoms. The normalized spacial score (nSPS) is 30.2. The number of nitrogens with zero attached hydrogens (tertiary/aromatic N) is 4. The number of halogens is 3. The van der Waals surface area contributed by atoms with E-state index in [0.717, 1.165) is 17.7 Å². The number of carbonyl (C=O) groups excluding carboxylic acids is 4. The highest BCUT2D eigenvalue weighted by atomic mass is 35.6. The van der Waals surface area contributed by atoms with Gasteiger partial charge in [-0.15, -0.1) is 0 Å². The van der Waals surface area contributed by atoms with E-state index in [2.05, 4.69) is 27.8 Å². The number of alkyl halides is 3. The standard InChI is InChI=1S/C27H31Cl3N8O6/c1-14-31-19-16(10-37-18(39)12-36(24(37)43)15-6-4-3-5-7-15)33-22(34-23(42)44-13-26(28,29)30)38-11-17(20(40)27(19,38)35-14)32-21(41)25(2)8-9-25/h3-7,16-17,19-20,31,35,40H,1,8-13H2,2H3,(H,32,41)(H,33,34,42)/t16-,17-,19-,20-,27-/m0/s1. The molecule has 5 amide bonds. The summed E-state index contributed by atoms with van der Waals surface area (Å²) in [4.78, 5) is 61.1. The summed E-state index contributed by atoms with van der Waals surface area (Å²) in [6.07, 6.45) is -0.774. The Morgan fingerprint density at radius 1 is 1.23 bits per heavy atom. The number of imide groups is 1. The number of aliphatic hydroxyl groups excluding tert-OH is 1. The van der Waals surface area contributed by atoms with Gasteiger partial charge in [-0.1, -0.05) is 66.5 Å². The van der Waals surface area contributed by atoms with Gasteiger partial charge in [0.25, 0.3) is 5.91 Å². The SMILES string of the molecule is C=C1N[C@H]2[C@H](CN3C(=O)CN(c4ccccc4)C3=O)N=C(NC(=O)OCC(Cl)(Cl)Cl)N3C[C@H](NC(=O)C4(C)CC4)[C@H](O)[C@]23N1. The second-order valence-corrected chi connectivity index (χ2v) is 14.3. The Morgan fingerprint density at radius 2 is 1.93 bits per heavy atom. The molecular weight excluding hydrogens is 639 g/mol. The van der Waals surface area contributed by atoms with Crippen LogP contribution in [0.2, 0.25) is 0 Å². The molecule has 0 radical (unpaired) electrons. The maximum absolute atomic E-state index is 13.4. The minimum atomic E-state index is -1.87. The number of hydrogen-bond acceptors (Lipinski definition) is 10. The van der Waals surface area contributed by atoms with Gasteiger partial charge in [-0.25, -0.2) is 14.6 Å². The Labute approximate surface area is 267 Å². The van der Waals surface area contributed by atoms with E-state index in [9.17, 15) is 24.3 Å². The van der Waals surface area contributed by atoms with E-state index < -0.39 is 63.7 Å². The molecule has 5 N–H and O–H groups in total. The summed E-state index contributed by atoms with van der Waals surface area (Å²) in [6, 6.07) is 5.81. The Morgan fingerprint density at radius 3 is 2.59 bits per heavy atom. The van der Waals surface area contributed by atoms with E-state index in [0.29, 0.717) is 11.5 Å². The number of hydrogen-bond donors (Lipinski definition) is 5. The lowest BCUT2D eigenvalue weighted by Crippen LogP contribution is -2.74. The van der Waals surface area contributed by atoms with Crippen LogP contribution in [0.4, 0.5) is 15.3 Å². The van der Waals surface area contributed by atoms with Gasteiger partial charge in [0.1, 0.15) is 19.3 Å². The second-order valence-electron chi connectivity index (χ2n) is 11.8. The molecule has 4 fully saturated rings. The molecule has 44 heavy (non-hydrogen) atoms. The summed E-state index contributed by atoms with van der Waals surface area (Å²) in [6.45, 7) is 4.96. The molecule has 1 aromatic carbocycles. The number of guanidine groups is 1. The van der Waals surface area contributed by atoms with Gasteiger partial charge in [0.15, 0.2) is 5.66 Å². The number of aliphatic imine (C=N–C) groups is 1. The average Bonchev–Trinajstić information content (AvgIpc) is 3.42. The van der Waals surface area contributed by atoms with E-state index >= 15 is 0 Å². The fourth-order valence-corrected chi connectivity index (χ4v) is 6.30. The molecule has 5 aliphatic rings. The van der Waals surface area contributed by atoms with Gasteiger partial charge >= 0.3 is 12.1 Å². The molecule has 1 spiro atoms. The van der Waals surface area contributed by atoms with Gasteiger partial charge in [-0.3, -0.25) is 24.7 Å². The van der Waals surface area contributed by atoms with Crippen molar-refractivity contribution in [1.29, 1.82) is 0 Å². The molecule has 0 bridgehead atoms. The van der Waals surface area contributed by atoms with Crippen molar-refractivity contribution in [3.8, 4) is 0 Å². The Balaban J connectivity index is 1.31. The summed E-state index contributed by atoms with van der Waals surface area (Å²) in [5.74, 6) is -0.345. The molecule has 0 unspecified atom stereocenters. The van der Waals surface area contributed by atoms with Crippen molar-refractivity contribution in [2.75, 3.05) is 31.1 Å². The van der Waals surface area contributed by atoms with E-state index in [-0.39, 0.29) is 31.5 Å². The van der Waals surface area contributed by atoms with E-state index in [4.69, 9.17) is 44.5 Å². The average molecular weight is 670 g/mol. The third-order valence-electron chi connectivity index (χ3n) is 8.68. The molecular formula is C27H31Cl3N8O6. The van der Waals surface area contributed by atoms with Crippen molar-refractivity contribution in [1.82, 2.24) is 31.1 Å². The van der Waals surface area contributed by atoms with Crippen molar-refractivity contribution < 1.29 is 29.0 Å². The van der Waals surface area contributed by atoms with Crippen LogP contribution >= 0.6 is 34.8 Å². The predicted octanol–water partition coefficient (Wildman–Crippen LogP) is 0.980. The number of ether oxygens (including phenoxy) is 1. The molecule has 1 aromatic rings. The van der Waals surface area contributed by atoms with Crippen molar-refractivity contribution in [3.05, 3.63) is 42.7 Å². The zero-order valence-corrected chi connectivity index (χ0v) is 25.8. The van der Waals surface area contributed by atoms with Gasteiger partial charge in [0, 0.05) is 17.6 Å². The highest BCUT2D eigenvalue weighted by Crippen LogP contribution is 2.46. The minimum absolute atomic E-state index is 0.0428. The lowest BCUT2D eigenvalue weighted by molar-refractivity contribution is -0.127. The topological polar surface area (TPSA) is 168 Å². The van der Waals surface area contributed by atoms with E-state index in [1.807, 2.05) is 6.92 Å². The van der Waals surface area contributed by atoms with Gasteiger partial charge in [-0.2, -0.15) is 0 Å². The first-order valence-electron chi connectivity index (χ1n) is 14.0. The number of urea groups is 1. The van der Waals surface area contributed by atoms with Gasteiger partial charge in [0.2, 0.25) is 15.7 Å². The predicted molar refractivity (Wildman–Crippen MR) is 161 cm³/mol. The quantitative estimate of drug-likeness (QED) is 0.219. The number of nitrogens with one attached hydrogen (secondary N) is 4. The van der Waals surface area contributed by atoms with Gasteiger partial charge < -0.3 is 30.7 Å². The van der Waals surface area contributed by atoms with Crippen LogP contribution in [0, 0.1) is 5.41 Å². The van der Waals surface area contributed by atoms with Crippen LogP contribution < -0.4 is 26.2 Å².